The van der Waals surface area contributed by atoms with Crippen molar-refractivity contribution >= 4 is 11.9 Å². The van der Waals surface area contributed by atoms with Gasteiger partial charge in [-0.3, -0.25) is 9.59 Å². The summed E-state index contributed by atoms with van der Waals surface area (Å²) in [6, 6.07) is -0.550. The van der Waals surface area contributed by atoms with Crippen molar-refractivity contribution in [3.8, 4) is 0 Å². The number of unbranched alkanes of at least 4 members (excludes halogenated alkanes) is 29. The molecule has 0 rings (SSSR count). The maximum atomic E-state index is 12.4. The molecule has 0 radical (unpaired) electrons. The van der Waals surface area contributed by atoms with Crippen LogP contribution < -0.4 is 5.32 Å². The molecular weight excluding hydrogens is 683 g/mol. The molecule has 0 bridgehead atoms. The van der Waals surface area contributed by atoms with Crippen LogP contribution in [0.1, 0.15) is 251 Å². The fourth-order valence-corrected chi connectivity index (χ4v) is 7.24. The number of hydrogen-bond donors (Lipinski definition) is 3. The summed E-state index contributed by atoms with van der Waals surface area (Å²) < 4.78 is 5.44. The number of aliphatic hydroxyl groups excluding tert-OH is 2. The molecule has 0 spiro atoms. The number of hydrogen-bond acceptors (Lipinski definition) is 5. The first-order chi connectivity index (χ1) is 27.0. The van der Waals surface area contributed by atoms with Crippen LogP contribution in [0.25, 0.3) is 0 Å². The summed E-state index contributed by atoms with van der Waals surface area (Å²) in [7, 11) is 0. The molecule has 0 saturated heterocycles. The minimum Gasteiger partial charge on any atom is -0.466 e. The summed E-state index contributed by atoms with van der Waals surface area (Å²) >= 11 is 0. The molecule has 0 fully saturated rings. The summed E-state index contributed by atoms with van der Waals surface area (Å²) in [5, 5.41) is 23.1. The largest absolute Gasteiger partial charge is 0.466 e. The van der Waals surface area contributed by atoms with Crippen molar-refractivity contribution in [1.82, 2.24) is 5.32 Å². The number of amides is 1. The van der Waals surface area contributed by atoms with Gasteiger partial charge in [0, 0.05) is 12.8 Å². The molecule has 0 aliphatic carbocycles. The first-order valence-electron chi connectivity index (χ1n) is 24.1. The SMILES string of the molecule is CCCC/C=C\C/C=C\CCCCCCCC(=O)OCCCCCCCCCCCCCCCC(=O)NC(CO)C(O)CCCCCCCCCCCCC. The van der Waals surface area contributed by atoms with Gasteiger partial charge < -0.3 is 20.3 Å². The van der Waals surface area contributed by atoms with Gasteiger partial charge in [0.15, 0.2) is 0 Å². The van der Waals surface area contributed by atoms with Gasteiger partial charge in [0.1, 0.15) is 0 Å². The predicted molar refractivity (Wildman–Crippen MR) is 236 cm³/mol. The number of rotatable bonds is 44. The van der Waals surface area contributed by atoms with Crippen LogP contribution in [-0.4, -0.2) is 47.4 Å². The zero-order chi connectivity index (χ0) is 40.1. The zero-order valence-corrected chi connectivity index (χ0v) is 36.7. The first kappa shape index (κ1) is 53.3. The molecule has 0 aromatic heterocycles. The number of esters is 1. The Hall–Kier alpha value is -1.66. The van der Waals surface area contributed by atoms with E-state index in [1.54, 1.807) is 0 Å². The fourth-order valence-electron chi connectivity index (χ4n) is 7.24. The number of carbonyl (C=O) groups is 2. The van der Waals surface area contributed by atoms with Crippen molar-refractivity contribution in [3.05, 3.63) is 24.3 Å². The van der Waals surface area contributed by atoms with Gasteiger partial charge >= 0.3 is 5.97 Å². The standard InChI is InChI=1S/C49H93NO5/c1-3-5-7-9-11-13-15-16-19-23-27-31-35-39-43-49(54)55-44-40-36-32-28-24-20-17-18-22-26-30-34-38-42-48(53)50-46(45-51)47(52)41-37-33-29-25-21-14-12-10-8-6-4-2/h9,11,15-16,46-47,51-52H,3-8,10,12-14,17-45H2,1-2H3,(H,50,53)/b11-9-,16-15-. The maximum absolute atomic E-state index is 12.4. The predicted octanol–water partition coefficient (Wildman–Crippen LogP) is 14.0. The summed E-state index contributed by atoms with van der Waals surface area (Å²) in [5.41, 5.74) is 0. The Morgan fingerprint density at radius 2 is 0.927 bits per heavy atom. The normalized spacial score (nSPS) is 12.9. The highest BCUT2D eigenvalue weighted by Gasteiger charge is 2.20. The molecule has 6 heteroatoms. The average molecular weight is 776 g/mol. The summed E-state index contributed by atoms with van der Waals surface area (Å²) in [5.74, 6) is -0.0709. The van der Waals surface area contributed by atoms with Crippen LogP contribution in [0, 0.1) is 0 Å². The van der Waals surface area contributed by atoms with Crippen LogP contribution >= 0.6 is 0 Å². The van der Waals surface area contributed by atoms with Gasteiger partial charge in [-0.05, 0) is 51.4 Å². The van der Waals surface area contributed by atoms with Crippen molar-refractivity contribution in [2.75, 3.05) is 13.2 Å². The molecule has 0 aliphatic heterocycles. The van der Waals surface area contributed by atoms with E-state index >= 15 is 0 Å². The molecule has 1 amide bonds. The van der Waals surface area contributed by atoms with Crippen LogP contribution in [0.5, 0.6) is 0 Å². The minimum absolute atomic E-state index is 0.0206. The van der Waals surface area contributed by atoms with Gasteiger partial charge in [-0.1, -0.05) is 212 Å². The van der Waals surface area contributed by atoms with Crippen molar-refractivity contribution in [1.29, 1.82) is 0 Å². The smallest absolute Gasteiger partial charge is 0.305 e. The zero-order valence-electron chi connectivity index (χ0n) is 36.7. The molecule has 0 aliphatic rings. The van der Waals surface area contributed by atoms with Crippen LogP contribution in [-0.2, 0) is 14.3 Å². The third-order valence-electron chi connectivity index (χ3n) is 11.0. The van der Waals surface area contributed by atoms with E-state index in [4.69, 9.17) is 4.74 Å². The lowest BCUT2D eigenvalue weighted by molar-refractivity contribution is -0.143. The topological polar surface area (TPSA) is 95.9 Å². The number of carbonyl (C=O) groups excluding carboxylic acids is 2. The lowest BCUT2D eigenvalue weighted by Gasteiger charge is -2.22. The van der Waals surface area contributed by atoms with Gasteiger partial charge in [0.25, 0.3) is 0 Å². The summed E-state index contributed by atoms with van der Waals surface area (Å²) in [6.45, 7) is 4.86. The van der Waals surface area contributed by atoms with Crippen LogP contribution in [0.3, 0.4) is 0 Å². The van der Waals surface area contributed by atoms with Crippen molar-refractivity contribution < 1.29 is 24.5 Å². The Morgan fingerprint density at radius 1 is 0.509 bits per heavy atom. The van der Waals surface area contributed by atoms with E-state index in [-0.39, 0.29) is 18.5 Å². The molecular formula is C49H93NO5. The van der Waals surface area contributed by atoms with Crippen LogP contribution in [0.15, 0.2) is 24.3 Å². The van der Waals surface area contributed by atoms with E-state index in [1.807, 2.05) is 0 Å². The van der Waals surface area contributed by atoms with Crippen LogP contribution in [0.2, 0.25) is 0 Å². The molecule has 0 heterocycles. The molecule has 0 aromatic rings. The van der Waals surface area contributed by atoms with Gasteiger partial charge in [-0.2, -0.15) is 0 Å². The average Bonchev–Trinajstić information content (AvgIpc) is 3.18. The van der Waals surface area contributed by atoms with Gasteiger partial charge in [-0.15, -0.1) is 0 Å². The number of aliphatic hydroxyl groups is 2. The molecule has 0 saturated carbocycles. The van der Waals surface area contributed by atoms with E-state index in [0.29, 0.717) is 25.9 Å². The lowest BCUT2D eigenvalue weighted by atomic mass is 10.0. The number of allylic oxidation sites excluding steroid dienone is 4. The van der Waals surface area contributed by atoms with Crippen molar-refractivity contribution in [2.45, 2.75) is 264 Å². The minimum atomic E-state index is -0.671. The second-order valence-electron chi connectivity index (χ2n) is 16.4. The Morgan fingerprint density at radius 3 is 1.44 bits per heavy atom. The number of nitrogens with one attached hydrogen (secondary N) is 1. The highest BCUT2D eigenvalue weighted by Crippen LogP contribution is 2.16. The third kappa shape index (κ3) is 41.8. The number of ether oxygens (including phenoxy) is 1. The molecule has 6 nitrogen and oxygen atoms in total. The first-order valence-corrected chi connectivity index (χ1v) is 24.1. The van der Waals surface area contributed by atoms with Gasteiger partial charge in [-0.25, -0.2) is 0 Å². The molecule has 2 atom stereocenters. The van der Waals surface area contributed by atoms with E-state index in [2.05, 4.69) is 43.5 Å². The molecule has 324 valence electrons. The second-order valence-corrected chi connectivity index (χ2v) is 16.4. The summed E-state index contributed by atoms with van der Waals surface area (Å²) in [4.78, 5) is 24.4. The van der Waals surface area contributed by atoms with Crippen molar-refractivity contribution in [3.63, 3.8) is 0 Å². The maximum Gasteiger partial charge on any atom is 0.305 e. The van der Waals surface area contributed by atoms with E-state index in [1.165, 1.54) is 154 Å². The fraction of sp³-hybridized carbons (Fsp3) is 0.878. The Bertz CT molecular complexity index is 858. The second kappa shape index (κ2) is 45.0. The molecule has 3 N–H and O–H groups in total. The third-order valence-corrected chi connectivity index (χ3v) is 11.0. The van der Waals surface area contributed by atoms with E-state index in [9.17, 15) is 19.8 Å². The highest BCUT2D eigenvalue weighted by atomic mass is 16.5. The quantitative estimate of drug-likeness (QED) is 0.0325. The van der Waals surface area contributed by atoms with Crippen molar-refractivity contribution in [2.24, 2.45) is 0 Å². The lowest BCUT2D eigenvalue weighted by Crippen LogP contribution is -2.45. The molecule has 2 unspecified atom stereocenters. The monoisotopic (exact) mass is 776 g/mol. The van der Waals surface area contributed by atoms with E-state index in [0.717, 1.165) is 64.2 Å². The summed E-state index contributed by atoms with van der Waals surface area (Å²) in [6.07, 6.45) is 51.3. The Balaban J connectivity index is 3.46. The Labute approximate surface area is 341 Å². The van der Waals surface area contributed by atoms with Crippen LogP contribution in [0.4, 0.5) is 0 Å². The molecule has 0 aromatic carbocycles. The Kier molecular flexibility index (Phi) is 43.7. The van der Waals surface area contributed by atoms with E-state index < -0.39 is 12.1 Å². The van der Waals surface area contributed by atoms with Gasteiger partial charge in [0.2, 0.25) is 5.91 Å². The molecule has 55 heavy (non-hydrogen) atoms. The highest BCUT2D eigenvalue weighted by molar-refractivity contribution is 5.76. The van der Waals surface area contributed by atoms with Gasteiger partial charge in [0.05, 0.1) is 25.4 Å².